The van der Waals surface area contributed by atoms with E-state index in [0.717, 1.165) is 50.0 Å². The summed E-state index contributed by atoms with van der Waals surface area (Å²) in [6, 6.07) is 5.44. The third kappa shape index (κ3) is 4.86. The number of nitrogen functional groups attached to an aromatic ring is 1. The number of nitrogens with zero attached hydrogens (tertiary/aromatic N) is 6. The molecule has 0 aliphatic carbocycles. The van der Waals surface area contributed by atoms with Crippen molar-refractivity contribution in [3.8, 4) is 5.82 Å². The van der Waals surface area contributed by atoms with Gasteiger partial charge < -0.3 is 16.0 Å². The lowest BCUT2D eigenvalue weighted by Crippen LogP contribution is -2.46. The number of piperazine rings is 1. The molecule has 0 unspecified atom stereocenters. The van der Waals surface area contributed by atoms with Crippen molar-refractivity contribution in [1.82, 2.24) is 24.6 Å². The number of halogens is 2. The predicted octanol–water partition coefficient (Wildman–Crippen LogP) is 2.71. The molecule has 3 N–H and O–H groups in total. The molecule has 1 aliphatic rings. The van der Waals surface area contributed by atoms with Crippen LogP contribution in [0.4, 0.5) is 26.2 Å². The van der Waals surface area contributed by atoms with E-state index in [0.29, 0.717) is 17.3 Å². The molecule has 1 aromatic carbocycles. The average molecular weight is 441 g/mol. The molecule has 1 saturated heterocycles. The van der Waals surface area contributed by atoms with Crippen molar-refractivity contribution in [3.05, 3.63) is 59.4 Å². The molecule has 32 heavy (non-hydrogen) atoms. The van der Waals surface area contributed by atoms with Crippen LogP contribution in [0, 0.1) is 18.6 Å². The van der Waals surface area contributed by atoms with E-state index < -0.39 is 11.6 Å². The van der Waals surface area contributed by atoms with E-state index >= 15 is 0 Å². The van der Waals surface area contributed by atoms with Crippen molar-refractivity contribution < 1.29 is 8.78 Å². The summed E-state index contributed by atoms with van der Waals surface area (Å²) in [5.41, 5.74) is 8.31. The maximum atomic E-state index is 13.5. The Morgan fingerprint density at radius 2 is 1.78 bits per heavy atom. The smallest absolute Gasteiger partial charge is 0.224 e. The first-order valence-corrected chi connectivity index (χ1v) is 10.4. The minimum Gasteiger partial charge on any atom is -0.373 e. The summed E-state index contributed by atoms with van der Waals surface area (Å²) in [4.78, 5) is 12.7. The van der Waals surface area contributed by atoms with Gasteiger partial charge in [0.25, 0.3) is 0 Å². The van der Waals surface area contributed by atoms with Crippen LogP contribution < -0.4 is 16.0 Å². The van der Waals surface area contributed by atoms with E-state index in [9.17, 15) is 8.78 Å². The molecule has 1 aliphatic heterocycles. The Hall–Kier alpha value is -3.53. The van der Waals surface area contributed by atoms with Crippen molar-refractivity contribution in [2.75, 3.05) is 55.7 Å². The van der Waals surface area contributed by atoms with Crippen LogP contribution in [0.5, 0.6) is 0 Å². The first kappa shape index (κ1) is 21.7. The van der Waals surface area contributed by atoms with Gasteiger partial charge >= 0.3 is 0 Å². The molecular weight excluding hydrogens is 414 g/mol. The Labute approximate surface area is 185 Å². The van der Waals surface area contributed by atoms with Gasteiger partial charge in [-0.25, -0.2) is 13.5 Å². The zero-order valence-corrected chi connectivity index (χ0v) is 18.1. The molecule has 0 amide bonds. The molecule has 3 aromatic rings. The molecule has 10 heteroatoms. The first-order chi connectivity index (χ1) is 15.4. The second-order valence-corrected chi connectivity index (χ2v) is 7.63. The minimum atomic E-state index is -0.548. The quantitative estimate of drug-likeness (QED) is 0.609. The van der Waals surface area contributed by atoms with Gasteiger partial charge in [-0.2, -0.15) is 15.1 Å². The largest absolute Gasteiger partial charge is 0.373 e. The summed E-state index contributed by atoms with van der Waals surface area (Å²) in [6.07, 6.45) is 5.93. The molecule has 0 atom stereocenters. The average Bonchev–Trinajstić information content (AvgIpc) is 3.13. The first-order valence-electron chi connectivity index (χ1n) is 10.4. The fourth-order valence-corrected chi connectivity index (χ4v) is 3.75. The lowest BCUT2D eigenvalue weighted by atomic mass is 10.2. The van der Waals surface area contributed by atoms with E-state index in [4.69, 9.17) is 5.73 Å². The molecule has 0 bridgehead atoms. The van der Waals surface area contributed by atoms with E-state index in [1.165, 1.54) is 12.1 Å². The molecule has 2 aromatic heterocycles. The molecule has 3 heterocycles. The third-order valence-electron chi connectivity index (χ3n) is 5.50. The normalized spacial score (nSPS) is 14.9. The topological polar surface area (TPSA) is 88.1 Å². The standard InChI is InChI=1S/C22H26F2N8/c1-15-16(14-27-32(15)21-13-20(26-2)28-22(25)29-21)4-3-5-30-6-8-31(9-7-30)19-11-17(23)10-18(24)12-19/h3-4,10-14H,5-9H2,1-2H3,(H3,25,26,28,29)/b4-3+. The lowest BCUT2D eigenvalue weighted by Gasteiger charge is -2.35. The summed E-state index contributed by atoms with van der Waals surface area (Å²) in [5, 5.41) is 7.40. The molecule has 0 radical (unpaired) electrons. The number of hydrogen-bond donors (Lipinski definition) is 2. The number of anilines is 3. The van der Waals surface area contributed by atoms with Crippen molar-refractivity contribution in [1.29, 1.82) is 0 Å². The maximum absolute atomic E-state index is 13.5. The fourth-order valence-electron chi connectivity index (χ4n) is 3.75. The molecule has 168 valence electrons. The van der Waals surface area contributed by atoms with E-state index in [2.05, 4.69) is 31.4 Å². The Kier molecular flexibility index (Phi) is 6.31. The van der Waals surface area contributed by atoms with Gasteiger partial charge in [0.15, 0.2) is 5.82 Å². The monoisotopic (exact) mass is 440 g/mol. The van der Waals surface area contributed by atoms with Crippen molar-refractivity contribution >= 4 is 23.5 Å². The van der Waals surface area contributed by atoms with Gasteiger partial charge in [0.05, 0.1) is 11.9 Å². The molecule has 0 spiro atoms. The predicted molar refractivity (Wildman–Crippen MR) is 122 cm³/mol. The lowest BCUT2D eigenvalue weighted by molar-refractivity contribution is 0.284. The van der Waals surface area contributed by atoms with Crippen molar-refractivity contribution in [2.45, 2.75) is 6.92 Å². The SMILES string of the molecule is CNc1cc(-n2ncc(/C=C/CN3CCN(c4cc(F)cc(F)c4)CC3)c2C)nc(N)n1. The van der Waals surface area contributed by atoms with E-state index in [-0.39, 0.29) is 5.95 Å². The van der Waals surface area contributed by atoms with Crippen LogP contribution in [0.2, 0.25) is 0 Å². The van der Waals surface area contributed by atoms with Crippen LogP contribution in [0.25, 0.3) is 11.9 Å². The fraction of sp³-hybridized carbons (Fsp3) is 0.318. The van der Waals surface area contributed by atoms with Gasteiger partial charge in [-0.1, -0.05) is 12.2 Å². The summed E-state index contributed by atoms with van der Waals surface area (Å²) >= 11 is 0. The number of nitrogens with one attached hydrogen (secondary N) is 1. The van der Waals surface area contributed by atoms with Crippen LogP contribution >= 0.6 is 0 Å². The Morgan fingerprint density at radius 1 is 1.06 bits per heavy atom. The molecule has 1 fully saturated rings. The van der Waals surface area contributed by atoms with Gasteiger partial charge in [0.2, 0.25) is 5.95 Å². The Morgan fingerprint density at radius 3 is 2.47 bits per heavy atom. The minimum absolute atomic E-state index is 0.180. The van der Waals surface area contributed by atoms with Crippen LogP contribution in [0.3, 0.4) is 0 Å². The maximum Gasteiger partial charge on any atom is 0.224 e. The van der Waals surface area contributed by atoms with Gasteiger partial charge in [-0.15, -0.1) is 0 Å². The Bertz CT molecular complexity index is 1100. The van der Waals surface area contributed by atoms with Gasteiger partial charge in [-0.3, -0.25) is 4.90 Å². The number of nitrogens with two attached hydrogens (primary N) is 1. The molecule has 0 saturated carbocycles. The molecular formula is C22H26F2N8. The highest BCUT2D eigenvalue weighted by Gasteiger charge is 2.17. The summed E-state index contributed by atoms with van der Waals surface area (Å²) in [5.74, 6) is 0.309. The second-order valence-electron chi connectivity index (χ2n) is 7.63. The summed E-state index contributed by atoms with van der Waals surface area (Å²) in [7, 11) is 1.77. The number of hydrogen-bond acceptors (Lipinski definition) is 7. The van der Waals surface area contributed by atoms with Crippen LogP contribution in [0.1, 0.15) is 11.3 Å². The highest BCUT2D eigenvalue weighted by atomic mass is 19.1. The zero-order chi connectivity index (χ0) is 22.7. The van der Waals surface area contributed by atoms with E-state index in [1.807, 2.05) is 17.9 Å². The van der Waals surface area contributed by atoms with Gasteiger partial charge in [0.1, 0.15) is 17.5 Å². The van der Waals surface area contributed by atoms with Crippen LogP contribution in [-0.2, 0) is 0 Å². The number of rotatable bonds is 6. The van der Waals surface area contributed by atoms with Gasteiger partial charge in [0, 0.05) is 63.2 Å². The number of aromatic nitrogens is 4. The Balaban J connectivity index is 1.36. The van der Waals surface area contributed by atoms with Gasteiger partial charge in [-0.05, 0) is 19.1 Å². The zero-order valence-electron chi connectivity index (χ0n) is 18.1. The van der Waals surface area contributed by atoms with Crippen molar-refractivity contribution in [2.24, 2.45) is 0 Å². The highest BCUT2D eigenvalue weighted by Crippen LogP contribution is 2.20. The summed E-state index contributed by atoms with van der Waals surface area (Å²) in [6.45, 7) is 5.82. The van der Waals surface area contributed by atoms with Crippen LogP contribution in [0.15, 0.2) is 36.5 Å². The van der Waals surface area contributed by atoms with E-state index in [1.54, 1.807) is 24.0 Å². The van der Waals surface area contributed by atoms with Crippen molar-refractivity contribution in [3.63, 3.8) is 0 Å². The second kappa shape index (κ2) is 9.31. The highest BCUT2D eigenvalue weighted by molar-refractivity contribution is 5.53. The third-order valence-corrected chi connectivity index (χ3v) is 5.50. The molecule has 8 nitrogen and oxygen atoms in total. The number of benzene rings is 1. The molecule has 4 rings (SSSR count). The summed E-state index contributed by atoms with van der Waals surface area (Å²) < 4.78 is 28.7. The van der Waals surface area contributed by atoms with Crippen LogP contribution in [-0.4, -0.2) is 64.4 Å².